The molecule has 0 bridgehead atoms. The highest BCUT2D eigenvalue weighted by Crippen LogP contribution is 2.01. The van der Waals surface area contributed by atoms with Crippen molar-refractivity contribution < 1.29 is 18.4 Å². The Balaban J connectivity index is 2.27. The van der Waals surface area contributed by atoms with Crippen LogP contribution in [0, 0.1) is 0 Å². The molecule has 0 aliphatic rings. The van der Waals surface area contributed by atoms with Crippen molar-refractivity contribution in [2.24, 2.45) is 0 Å². The van der Waals surface area contributed by atoms with Crippen LogP contribution in [0.5, 0.6) is 0 Å². The Morgan fingerprint density at radius 2 is 1.89 bits per heavy atom. The molecule has 0 radical (unpaired) electrons. The number of hydroxylamine groups is 1. The molecule has 7 heteroatoms. The molecule has 6 nitrogen and oxygen atoms in total. The number of hydrogen-bond donors (Lipinski definition) is 3. The summed E-state index contributed by atoms with van der Waals surface area (Å²) in [6.07, 6.45) is 1.40. The number of rotatable bonds is 7. The van der Waals surface area contributed by atoms with Gasteiger partial charge in [0.25, 0.3) is 5.91 Å². The van der Waals surface area contributed by atoms with Crippen LogP contribution in [0.3, 0.4) is 0 Å². The largest absolute Gasteiger partial charge is 0.289 e. The molecule has 0 heterocycles. The smallest absolute Gasteiger partial charge is 0.259 e. The van der Waals surface area contributed by atoms with Gasteiger partial charge in [-0.05, 0) is 18.4 Å². The molecule has 0 atom stereocenters. The fraction of sp³-hybridized carbons (Fsp3) is 0.364. The summed E-state index contributed by atoms with van der Waals surface area (Å²) in [5.74, 6) is -1.72. The van der Waals surface area contributed by atoms with Gasteiger partial charge in [0, 0.05) is 6.54 Å². The van der Waals surface area contributed by atoms with E-state index in [1.807, 2.05) is 30.3 Å². The van der Waals surface area contributed by atoms with Crippen LogP contribution in [0.25, 0.3) is 0 Å². The van der Waals surface area contributed by atoms with Gasteiger partial charge >= 0.3 is 0 Å². The van der Waals surface area contributed by atoms with Gasteiger partial charge in [-0.2, -0.15) is 0 Å². The van der Waals surface area contributed by atoms with Crippen LogP contribution < -0.4 is 10.2 Å². The van der Waals surface area contributed by atoms with Gasteiger partial charge < -0.3 is 0 Å². The van der Waals surface area contributed by atoms with Crippen LogP contribution in [-0.2, 0) is 21.2 Å². The molecule has 1 aromatic rings. The molecular weight excluding hydrogens is 256 g/mol. The topological polar surface area (TPSA) is 95.5 Å². The van der Waals surface area contributed by atoms with Crippen molar-refractivity contribution in [3.8, 4) is 0 Å². The Kier molecular flexibility index (Phi) is 5.76. The van der Waals surface area contributed by atoms with Crippen LogP contribution >= 0.6 is 0 Å². The van der Waals surface area contributed by atoms with E-state index in [9.17, 15) is 13.2 Å². The maximum absolute atomic E-state index is 11.3. The normalized spacial score (nSPS) is 11.2. The Morgan fingerprint density at radius 1 is 1.22 bits per heavy atom. The summed E-state index contributed by atoms with van der Waals surface area (Å²) in [5, 5.41) is 8.23. The number of aryl methyl sites for hydroxylation is 1. The lowest BCUT2D eigenvalue weighted by atomic mass is 10.1. The number of nitrogens with one attached hydrogen (secondary N) is 2. The lowest BCUT2D eigenvalue weighted by Gasteiger charge is -2.05. The zero-order chi connectivity index (χ0) is 13.4. The van der Waals surface area contributed by atoms with Crippen molar-refractivity contribution in [2.45, 2.75) is 12.8 Å². The van der Waals surface area contributed by atoms with Crippen molar-refractivity contribution >= 4 is 15.9 Å². The second-order valence-corrected chi connectivity index (χ2v) is 5.58. The Bertz CT molecular complexity index is 473. The summed E-state index contributed by atoms with van der Waals surface area (Å²) in [6.45, 7) is 0.260. The van der Waals surface area contributed by atoms with E-state index in [-0.39, 0.29) is 6.54 Å². The lowest BCUT2D eigenvalue weighted by molar-refractivity contribution is -0.126. The lowest BCUT2D eigenvalue weighted by Crippen LogP contribution is -2.35. The highest BCUT2D eigenvalue weighted by Gasteiger charge is 2.14. The molecular formula is C11H16N2O4S. The molecule has 1 amide bonds. The third kappa shape index (κ3) is 5.76. The first-order valence-corrected chi connectivity index (χ1v) is 7.13. The third-order valence-electron chi connectivity index (χ3n) is 2.25. The van der Waals surface area contributed by atoms with Crippen LogP contribution in [0.15, 0.2) is 30.3 Å². The Hall–Kier alpha value is -1.44. The van der Waals surface area contributed by atoms with E-state index in [0.29, 0.717) is 6.42 Å². The van der Waals surface area contributed by atoms with E-state index >= 15 is 0 Å². The maximum atomic E-state index is 11.3. The number of hydrogen-bond acceptors (Lipinski definition) is 4. The zero-order valence-electron chi connectivity index (χ0n) is 9.80. The van der Waals surface area contributed by atoms with E-state index in [1.165, 1.54) is 5.48 Å². The molecule has 1 aromatic carbocycles. The first-order valence-electron chi connectivity index (χ1n) is 5.48. The predicted molar refractivity (Wildman–Crippen MR) is 66.5 cm³/mol. The molecule has 0 unspecified atom stereocenters. The average molecular weight is 272 g/mol. The van der Waals surface area contributed by atoms with Crippen LogP contribution in [0.2, 0.25) is 0 Å². The van der Waals surface area contributed by atoms with Gasteiger partial charge in [0.1, 0.15) is 5.75 Å². The second-order valence-electron chi connectivity index (χ2n) is 3.78. The molecule has 100 valence electrons. The summed E-state index contributed by atoms with van der Waals surface area (Å²) in [7, 11) is -3.67. The third-order valence-corrected chi connectivity index (χ3v) is 3.54. The molecule has 0 aliphatic carbocycles. The molecule has 0 spiro atoms. The standard InChI is InChI=1S/C11H16N2O4S/c14-11(13-15)9-18(16,17)12-8-4-7-10-5-2-1-3-6-10/h1-3,5-6,12,15H,4,7-9H2,(H,13,14). The van der Waals surface area contributed by atoms with E-state index in [4.69, 9.17) is 5.21 Å². The number of carbonyl (C=O) groups excluding carboxylic acids is 1. The Labute approximate surface area is 106 Å². The molecule has 3 N–H and O–H groups in total. The van der Waals surface area contributed by atoms with Gasteiger partial charge in [0.15, 0.2) is 0 Å². The van der Waals surface area contributed by atoms with Crippen LogP contribution in [0.4, 0.5) is 0 Å². The van der Waals surface area contributed by atoms with Gasteiger partial charge in [0.05, 0.1) is 0 Å². The number of sulfonamides is 1. The number of amides is 1. The minimum Gasteiger partial charge on any atom is -0.289 e. The van der Waals surface area contributed by atoms with E-state index in [0.717, 1.165) is 12.0 Å². The van der Waals surface area contributed by atoms with Gasteiger partial charge in [-0.15, -0.1) is 0 Å². The summed E-state index contributed by atoms with van der Waals surface area (Å²) < 4.78 is 25.0. The van der Waals surface area contributed by atoms with Crippen molar-refractivity contribution in [3.63, 3.8) is 0 Å². The number of carbonyl (C=O) groups is 1. The van der Waals surface area contributed by atoms with Gasteiger partial charge in [0.2, 0.25) is 10.0 Å². The first kappa shape index (κ1) is 14.6. The Morgan fingerprint density at radius 3 is 2.50 bits per heavy atom. The SMILES string of the molecule is O=C(CS(=O)(=O)NCCCc1ccccc1)NO. The average Bonchev–Trinajstić information content (AvgIpc) is 2.35. The molecule has 0 aromatic heterocycles. The molecule has 0 saturated carbocycles. The fourth-order valence-corrected chi connectivity index (χ4v) is 2.39. The summed E-state index contributed by atoms with van der Waals surface area (Å²) in [5.41, 5.74) is 2.41. The maximum Gasteiger partial charge on any atom is 0.259 e. The van der Waals surface area contributed by atoms with Crippen LogP contribution in [-0.4, -0.2) is 31.8 Å². The molecule has 0 aliphatic heterocycles. The van der Waals surface area contributed by atoms with Crippen LogP contribution in [0.1, 0.15) is 12.0 Å². The van der Waals surface area contributed by atoms with E-state index in [1.54, 1.807) is 0 Å². The van der Waals surface area contributed by atoms with Crippen molar-refractivity contribution in [1.29, 1.82) is 0 Å². The van der Waals surface area contributed by atoms with Crippen molar-refractivity contribution in [3.05, 3.63) is 35.9 Å². The minimum atomic E-state index is -3.67. The second kappa shape index (κ2) is 7.10. The summed E-state index contributed by atoms with van der Waals surface area (Å²) in [4.78, 5) is 10.7. The number of benzene rings is 1. The van der Waals surface area contributed by atoms with Crippen molar-refractivity contribution in [2.75, 3.05) is 12.3 Å². The zero-order valence-corrected chi connectivity index (χ0v) is 10.6. The van der Waals surface area contributed by atoms with Gasteiger partial charge in [-0.1, -0.05) is 30.3 Å². The van der Waals surface area contributed by atoms with Crippen molar-refractivity contribution in [1.82, 2.24) is 10.2 Å². The quantitative estimate of drug-likeness (QED) is 0.371. The van der Waals surface area contributed by atoms with Gasteiger partial charge in [-0.25, -0.2) is 18.6 Å². The first-order chi connectivity index (χ1) is 8.53. The monoisotopic (exact) mass is 272 g/mol. The molecule has 0 saturated heterocycles. The highest BCUT2D eigenvalue weighted by atomic mass is 32.2. The van der Waals surface area contributed by atoms with E-state index in [2.05, 4.69) is 4.72 Å². The van der Waals surface area contributed by atoms with Gasteiger partial charge in [-0.3, -0.25) is 10.0 Å². The summed E-state index contributed by atoms with van der Waals surface area (Å²) in [6, 6.07) is 9.69. The van der Waals surface area contributed by atoms with E-state index < -0.39 is 21.7 Å². The minimum absolute atomic E-state index is 0.260. The predicted octanol–water partition coefficient (Wildman–Crippen LogP) is 0.0440. The molecule has 0 fully saturated rings. The highest BCUT2D eigenvalue weighted by molar-refractivity contribution is 7.90. The molecule has 1 rings (SSSR count). The fourth-order valence-electron chi connectivity index (χ4n) is 1.42. The summed E-state index contributed by atoms with van der Waals surface area (Å²) >= 11 is 0. The molecule has 18 heavy (non-hydrogen) atoms.